The van der Waals surface area contributed by atoms with Crippen molar-refractivity contribution in [3.63, 3.8) is 0 Å². The van der Waals surface area contributed by atoms with Gasteiger partial charge in [-0.1, -0.05) is 22.5 Å². The van der Waals surface area contributed by atoms with Crippen LogP contribution in [0.1, 0.15) is 10.7 Å². The van der Waals surface area contributed by atoms with Crippen molar-refractivity contribution in [2.24, 2.45) is 4.99 Å². The molecule has 0 unspecified atom stereocenters. The van der Waals surface area contributed by atoms with Crippen LogP contribution in [0.25, 0.3) is 0 Å². The molecule has 0 saturated heterocycles. The van der Waals surface area contributed by atoms with Crippen molar-refractivity contribution in [1.82, 2.24) is 15.2 Å². The van der Waals surface area contributed by atoms with Crippen molar-refractivity contribution >= 4 is 57.2 Å². The fraction of sp³-hybridized carbons (Fsp3) is 0.455. The van der Waals surface area contributed by atoms with Crippen LogP contribution in [0.2, 0.25) is 0 Å². The molecular weight excluding hydrogens is 427 g/mol. The molecule has 1 aromatic heterocycles. The Labute approximate surface area is 138 Å². The monoisotopic (exact) mass is 444 g/mol. The second-order valence-electron chi connectivity index (χ2n) is 3.63. The number of aryl methyl sites for hydroxylation is 1. The number of hydrogen-bond acceptors (Lipinski definition) is 3. The molecule has 18 heavy (non-hydrogen) atoms. The molecule has 4 nitrogen and oxygen atoms in total. The maximum Gasteiger partial charge on any atom is 0.194 e. The third-order valence-corrected chi connectivity index (χ3v) is 3.18. The maximum atomic E-state index is 4.43. The normalized spacial score (nSPS) is 10.8. The Bertz CT molecular complexity index is 419. The van der Waals surface area contributed by atoms with Crippen LogP contribution in [0.15, 0.2) is 21.4 Å². The SMILES string of the molecule is C=C(Br)CNC(=NC)N(C)Cc1csc(C)n1.I. The standard InChI is InChI=1S/C11H17BrN4S.HI/c1-8(12)5-14-11(13-3)16(4)6-10-7-17-9(2)15-10;/h7H,1,5-6H2,2-4H3,(H,13,14);1H. The molecule has 1 heterocycles. The lowest BCUT2D eigenvalue weighted by Gasteiger charge is -2.20. The first-order valence-electron chi connectivity index (χ1n) is 5.19. The van der Waals surface area contributed by atoms with Gasteiger partial charge in [-0.25, -0.2) is 4.98 Å². The molecular formula is C11H18BrIN4S. The first-order valence-corrected chi connectivity index (χ1v) is 6.86. The first-order chi connectivity index (χ1) is 8.02. The lowest BCUT2D eigenvalue weighted by molar-refractivity contribution is 0.474. The minimum atomic E-state index is 0. The van der Waals surface area contributed by atoms with Crippen molar-refractivity contribution in [1.29, 1.82) is 0 Å². The molecule has 0 aromatic carbocycles. The highest BCUT2D eigenvalue weighted by atomic mass is 127. The van der Waals surface area contributed by atoms with E-state index in [1.807, 2.05) is 18.9 Å². The zero-order valence-electron chi connectivity index (χ0n) is 10.7. The van der Waals surface area contributed by atoms with Crippen LogP contribution in [0.4, 0.5) is 0 Å². The number of rotatable bonds is 4. The summed E-state index contributed by atoms with van der Waals surface area (Å²) in [6.45, 7) is 7.20. The van der Waals surface area contributed by atoms with E-state index in [-0.39, 0.29) is 24.0 Å². The van der Waals surface area contributed by atoms with Gasteiger partial charge in [0.25, 0.3) is 0 Å². The van der Waals surface area contributed by atoms with Gasteiger partial charge in [0.15, 0.2) is 5.96 Å². The molecule has 0 bridgehead atoms. The summed E-state index contributed by atoms with van der Waals surface area (Å²) in [5.74, 6) is 0.830. The van der Waals surface area contributed by atoms with E-state index < -0.39 is 0 Å². The van der Waals surface area contributed by atoms with Gasteiger partial charge in [-0.3, -0.25) is 4.99 Å². The van der Waals surface area contributed by atoms with Gasteiger partial charge in [0.05, 0.1) is 17.2 Å². The van der Waals surface area contributed by atoms with Crippen LogP contribution >= 0.6 is 51.2 Å². The smallest absolute Gasteiger partial charge is 0.194 e. The van der Waals surface area contributed by atoms with Crippen LogP contribution in [0, 0.1) is 6.92 Å². The zero-order valence-corrected chi connectivity index (χ0v) is 15.5. The zero-order chi connectivity index (χ0) is 12.8. The molecule has 1 aromatic rings. The van der Waals surface area contributed by atoms with Gasteiger partial charge in [0.2, 0.25) is 0 Å². The van der Waals surface area contributed by atoms with Crippen molar-refractivity contribution < 1.29 is 0 Å². The largest absolute Gasteiger partial charge is 0.352 e. The van der Waals surface area contributed by atoms with Gasteiger partial charge >= 0.3 is 0 Å². The predicted molar refractivity (Wildman–Crippen MR) is 93.2 cm³/mol. The van der Waals surface area contributed by atoms with Gasteiger partial charge in [-0.05, 0) is 6.92 Å². The first kappa shape index (κ1) is 17.8. The highest BCUT2D eigenvalue weighted by Crippen LogP contribution is 2.09. The van der Waals surface area contributed by atoms with Crippen molar-refractivity contribution in [3.05, 3.63) is 27.1 Å². The average Bonchev–Trinajstić information content (AvgIpc) is 2.64. The van der Waals surface area contributed by atoms with E-state index >= 15 is 0 Å². The molecule has 0 aliphatic rings. The highest BCUT2D eigenvalue weighted by molar-refractivity contribution is 14.0. The molecule has 0 radical (unpaired) electrons. The summed E-state index contributed by atoms with van der Waals surface area (Å²) >= 11 is 4.97. The molecule has 0 saturated carbocycles. The topological polar surface area (TPSA) is 40.5 Å². The molecule has 0 aliphatic carbocycles. The van der Waals surface area contributed by atoms with Crippen LogP contribution in [-0.4, -0.2) is 36.5 Å². The highest BCUT2D eigenvalue weighted by Gasteiger charge is 2.08. The molecule has 1 N–H and O–H groups in total. The summed E-state index contributed by atoms with van der Waals surface area (Å²) in [6, 6.07) is 0. The Balaban J connectivity index is 0.00000289. The third kappa shape index (κ3) is 6.14. The minimum absolute atomic E-state index is 0. The second-order valence-corrected chi connectivity index (χ2v) is 5.82. The van der Waals surface area contributed by atoms with E-state index in [2.05, 4.69) is 43.2 Å². The lowest BCUT2D eigenvalue weighted by atomic mass is 10.4. The maximum absolute atomic E-state index is 4.43. The van der Waals surface area contributed by atoms with E-state index in [1.54, 1.807) is 18.4 Å². The number of nitrogens with zero attached hydrogens (tertiary/aromatic N) is 3. The van der Waals surface area contributed by atoms with Crippen LogP contribution in [-0.2, 0) is 6.54 Å². The summed E-state index contributed by atoms with van der Waals surface area (Å²) in [4.78, 5) is 10.7. The predicted octanol–water partition coefficient (Wildman–Crippen LogP) is 2.99. The van der Waals surface area contributed by atoms with Crippen molar-refractivity contribution in [3.8, 4) is 0 Å². The molecule has 7 heteroatoms. The van der Waals surface area contributed by atoms with E-state index in [9.17, 15) is 0 Å². The van der Waals surface area contributed by atoms with Crippen LogP contribution in [0.3, 0.4) is 0 Å². The summed E-state index contributed by atoms with van der Waals surface area (Å²) < 4.78 is 0.900. The molecule has 102 valence electrons. The summed E-state index contributed by atoms with van der Waals surface area (Å²) in [5.41, 5.74) is 1.07. The second kappa shape index (κ2) is 8.87. The minimum Gasteiger partial charge on any atom is -0.352 e. The Kier molecular flexibility index (Phi) is 8.79. The number of guanidine groups is 1. The third-order valence-electron chi connectivity index (χ3n) is 2.08. The molecule has 0 atom stereocenters. The van der Waals surface area contributed by atoms with Gasteiger partial charge in [0.1, 0.15) is 0 Å². The van der Waals surface area contributed by atoms with Crippen LogP contribution in [0.5, 0.6) is 0 Å². The van der Waals surface area contributed by atoms with E-state index in [1.165, 1.54) is 0 Å². The van der Waals surface area contributed by atoms with E-state index in [0.29, 0.717) is 6.54 Å². The van der Waals surface area contributed by atoms with Gasteiger partial charge < -0.3 is 10.2 Å². The molecule has 1 rings (SSSR count). The Morgan fingerprint density at radius 3 is 2.78 bits per heavy atom. The van der Waals surface area contributed by atoms with Crippen LogP contribution < -0.4 is 5.32 Å². The number of aliphatic imine (C=N–C) groups is 1. The van der Waals surface area contributed by atoms with E-state index in [4.69, 9.17) is 0 Å². The van der Waals surface area contributed by atoms with Gasteiger partial charge in [0, 0.05) is 30.5 Å². The van der Waals surface area contributed by atoms with E-state index in [0.717, 1.165) is 27.7 Å². The molecule has 0 aliphatic heterocycles. The van der Waals surface area contributed by atoms with Gasteiger partial charge in [-0.15, -0.1) is 35.3 Å². The summed E-state index contributed by atoms with van der Waals surface area (Å²) in [5, 5.41) is 6.36. The Morgan fingerprint density at radius 2 is 2.33 bits per heavy atom. The fourth-order valence-electron chi connectivity index (χ4n) is 1.36. The van der Waals surface area contributed by atoms with Crippen molar-refractivity contribution in [2.45, 2.75) is 13.5 Å². The Hall–Kier alpha value is -0.150. The van der Waals surface area contributed by atoms with Gasteiger partial charge in [-0.2, -0.15) is 0 Å². The quantitative estimate of drug-likeness (QED) is 0.441. The number of hydrogen-bond donors (Lipinski definition) is 1. The number of aromatic nitrogens is 1. The summed E-state index contributed by atoms with van der Waals surface area (Å²) in [7, 11) is 3.75. The fourth-order valence-corrected chi connectivity index (χ4v) is 2.10. The van der Waals surface area contributed by atoms with Crippen molar-refractivity contribution in [2.75, 3.05) is 20.6 Å². The lowest BCUT2D eigenvalue weighted by Crippen LogP contribution is -2.38. The number of thiazole rings is 1. The average molecular weight is 445 g/mol. The summed E-state index contributed by atoms with van der Waals surface area (Å²) in [6.07, 6.45) is 0. The molecule has 0 spiro atoms. The number of nitrogens with one attached hydrogen (secondary N) is 1. The molecule has 0 fully saturated rings. The Morgan fingerprint density at radius 1 is 1.67 bits per heavy atom. The molecule has 0 amide bonds. The number of halogens is 2.